The highest BCUT2D eigenvalue weighted by Gasteiger charge is 2.21. The van der Waals surface area contributed by atoms with Crippen LogP contribution in [0.4, 0.5) is 0 Å². The Kier molecular flexibility index (Phi) is 5.72. The highest BCUT2D eigenvalue weighted by atomic mass is 16.5. The predicted molar refractivity (Wildman–Crippen MR) is 80.9 cm³/mol. The fourth-order valence-electron chi connectivity index (χ4n) is 1.77. The number of nitrogens with zero attached hydrogens (tertiary/aromatic N) is 1. The summed E-state index contributed by atoms with van der Waals surface area (Å²) in [6, 6.07) is 6.33. The summed E-state index contributed by atoms with van der Waals surface area (Å²) in [5, 5.41) is 0. The second-order valence-electron chi connectivity index (χ2n) is 5.80. The van der Waals surface area contributed by atoms with Crippen LogP contribution < -0.4 is 16.2 Å². The van der Waals surface area contributed by atoms with Crippen LogP contribution in [0, 0.1) is 5.41 Å². The number of hydrogen-bond donors (Lipinski definition) is 2. The Balaban J connectivity index is 2.50. The fraction of sp³-hybridized carbons (Fsp3) is 0.467. The van der Waals surface area contributed by atoms with Gasteiger partial charge in [0, 0.05) is 19.2 Å². The van der Waals surface area contributed by atoms with Crippen molar-refractivity contribution in [3.8, 4) is 5.75 Å². The van der Waals surface area contributed by atoms with Crippen molar-refractivity contribution < 1.29 is 14.3 Å². The van der Waals surface area contributed by atoms with Gasteiger partial charge in [-0.25, -0.2) is 0 Å². The molecule has 0 atom stereocenters. The Hall–Kier alpha value is -2.08. The minimum absolute atomic E-state index is 0.0624. The van der Waals surface area contributed by atoms with E-state index in [1.807, 2.05) is 13.8 Å². The van der Waals surface area contributed by atoms with Crippen LogP contribution in [-0.4, -0.2) is 43.5 Å². The van der Waals surface area contributed by atoms with E-state index in [9.17, 15) is 9.59 Å². The van der Waals surface area contributed by atoms with Crippen molar-refractivity contribution in [1.82, 2.24) is 4.90 Å². The van der Waals surface area contributed by atoms with Crippen molar-refractivity contribution in [2.24, 2.45) is 16.9 Å². The Bertz CT molecular complexity index is 497. The summed E-state index contributed by atoms with van der Waals surface area (Å²) in [5.41, 5.74) is 11.1. The summed E-state index contributed by atoms with van der Waals surface area (Å²) in [4.78, 5) is 24.5. The maximum Gasteiger partial charge on any atom is 0.260 e. The summed E-state index contributed by atoms with van der Waals surface area (Å²) in [6.07, 6.45) is 0. The first-order valence-electron chi connectivity index (χ1n) is 6.72. The predicted octanol–water partition coefficient (Wildman–Crippen LogP) is 0.608. The number of carbonyl (C=O) groups excluding carboxylic acids is 2. The lowest BCUT2D eigenvalue weighted by atomic mass is 9.93. The summed E-state index contributed by atoms with van der Waals surface area (Å²) >= 11 is 0. The second-order valence-corrected chi connectivity index (χ2v) is 5.80. The Morgan fingerprint density at radius 2 is 1.81 bits per heavy atom. The summed E-state index contributed by atoms with van der Waals surface area (Å²) in [5.74, 6) is -0.114. The number of primary amides is 1. The topological polar surface area (TPSA) is 98.7 Å². The summed E-state index contributed by atoms with van der Waals surface area (Å²) in [6.45, 7) is 5.00. The van der Waals surface area contributed by atoms with E-state index in [2.05, 4.69) is 0 Å². The molecule has 21 heavy (non-hydrogen) atoms. The van der Waals surface area contributed by atoms with Crippen LogP contribution in [0.3, 0.4) is 0 Å². The van der Waals surface area contributed by atoms with Crippen LogP contribution in [0.5, 0.6) is 5.75 Å². The van der Waals surface area contributed by atoms with Crippen LogP contribution in [0.25, 0.3) is 0 Å². The third-order valence-corrected chi connectivity index (χ3v) is 3.14. The molecule has 0 fully saturated rings. The van der Waals surface area contributed by atoms with E-state index in [-0.39, 0.29) is 17.9 Å². The largest absolute Gasteiger partial charge is 0.484 e. The van der Waals surface area contributed by atoms with Crippen LogP contribution in [0.2, 0.25) is 0 Å². The van der Waals surface area contributed by atoms with Crippen LogP contribution in [0.1, 0.15) is 24.2 Å². The quantitative estimate of drug-likeness (QED) is 0.769. The van der Waals surface area contributed by atoms with Crippen molar-refractivity contribution in [3.63, 3.8) is 0 Å². The van der Waals surface area contributed by atoms with E-state index >= 15 is 0 Å². The highest BCUT2D eigenvalue weighted by Crippen LogP contribution is 2.15. The smallest absolute Gasteiger partial charge is 0.260 e. The highest BCUT2D eigenvalue weighted by molar-refractivity contribution is 5.92. The average molecular weight is 293 g/mol. The molecule has 0 saturated heterocycles. The standard InChI is InChI=1S/C15H23N3O3/c1-15(2,9-16)10-18(3)13(19)8-21-12-6-4-11(5-7-12)14(17)20/h4-7H,8-10,16H2,1-3H3,(H2,17,20). The molecule has 1 rings (SSSR count). The normalized spacial score (nSPS) is 11.0. The number of benzene rings is 1. The number of hydrogen-bond acceptors (Lipinski definition) is 4. The van der Waals surface area contributed by atoms with Crippen LogP contribution in [0.15, 0.2) is 24.3 Å². The monoisotopic (exact) mass is 293 g/mol. The molecule has 0 radical (unpaired) electrons. The number of likely N-dealkylation sites (N-methyl/N-ethyl adjacent to an activating group) is 1. The van der Waals surface area contributed by atoms with E-state index in [0.29, 0.717) is 24.4 Å². The molecule has 0 bridgehead atoms. The molecular formula is C15H23N3O3. The fourth-order valence-corrected chi connectivity index (χ4v) is 1.77. The van der Waals surface area contributed by atoms with Gasteiger partial charge in [-0.3, -0.25) is 9.59 Å². The first-order chi connectivity index (χ1) is 9.75. The number of rotatable bonds is 7. The van der Waals surface area contributed by atoms with Gasteiger partial charge >= 0.3 is 0 Å². The number of carbonyl (C=O) groups is 2. The molecule has 0 aliphatic heterocycles. The number of ether oxygens (including phenoxy) is 1. The van der Waals surface area contributed by atoms with Gasteiger partial charge in [0.15, 0.2) is 6.61 Å². The Morgan fingerprint density at radius 1 is 1.24 bits per heavy atom. The van der Waals surface area contributed by atoms with Crippen LogP contribution in [-0.2, 0) is 4.79 Å². The average Bonchev–Trinajstić information content (AvgIpc) is 2.44. The molecular weight excluding hydrogens is 270 g/mol. The Morgan fingerprint density at radius 3 is 2.29 bits per heavy atom. The molecule has 116 valence electrons. The van der Waals surface area contributed by atoms with Gasteiger partial charge in [0.25, 0.3) is 5.91 Å². The third-order valence-electron chi connectivity index (χ3n) is 3.14. The zero-order valence-electron chi connectivity index (χ0n) is 12.8. The summed E-state index contributed by atoms with van der Waals surface area (Å²) in [7, 11) is 1.72. The van der Waals surface area contributed by atoms with Crippen molar-refractivity contribution in [3.05, 3.63) is 29.8 Å². The lowest BCUT2D eigenvalue weighted by molar-refractivity contribution is -0.133. The van der Waals surface area contributed by atoms with Crippen molar-refractivity contribution in [1.29, 1.82) is 0 Å². The van der Waals surface area contributed by atoms with E-state index < -0.39 is 5.91 Å². The molecule has 4 N–H and O–H groups in total. The van der Waals surface area contributed by atoms with Gasteiger partial charge in [-0.1, -0.05) is 13.8 Å². The van der Waals surface area contributed by atoms with Gasteiger partial charge in [0.05, 0.1) is 0 Å². The van der Waals surface area contributed by atoms with Crippen molar-refractivity contribution in [2.45, 2.75) is 13.8 Å². The Labute approximate surface area is 125 Å². The van der Waals surface area contributed by atoms with Gasteiger partial charge in [-0.05, 0) is 36.2 Å². The molecule has 0 aromatic heterocycles. The number of amides is 2. The van der Waals surface area contributed by atoms with Gasteiger partial charge in [0.2, 0.25) is 5.91 Å². The minimum atomic E-state index is -0.499. The van der Waals surface area contributed by atoms with E-state index in [4.69, 9.17) is 16.2 Å². The van der Waals surface area contributed by atoms with Crippen molar-refractivity contribution in [2.75, 3.05) is 26.7 Å². The molecule has 0 aliphatic rings. The maximum atomic E-state index is 12.0. The molecule has 0 saturated carbocycles. The molecule has 1 aromatic rings. The molecule has 0 aliphatic carbocycles. The summed E-state index contributed by atoms with van der Waals surface area (Å²) < 4.78 is 5.40. The SMILES string of the molecule is CN(CC(C)(C)CN)C(=O)COc1ccc(C(N)=O)cc1. The molecule has 0 unspecified atom stereocenters. The van der Waals surface area contributed by atoms with Crippen molar-refractivity contribution >= 4 is 11.8 Å². The van der Waals surface area contributed by atoms with Gasteiger partial charge < -0.3 is 21.1 Å². The lowest BCUT2D eigenvalue weighted by Gasteiger charge is -2.29. The molecule has 2 amide bonds. The first kappa shape index (κ1) is 17.0. The third kappa shape index (κ3) is 5.43. The molecule has 6 heteroatoms. The van der Waals surface area contributed by atoms with Gasteiger partial charge in [-0.2, -0.15) is 0 Å². The van der Waals surface area contributed by atoms with E-state index in [1.165, 1.54) is 0 Å². The van der Waals surface area contributed by atoms with Gasteiger partial charge in [-0.15, -0.1) is 0 Å². The van der Waals surface area contributed by atoms with E-state index in [1.54, 1.807) is 36.2 Å². The molecule has 1 aromatic carbocycles. The van der Waals surface area contributed by atoms with Gasteiger partial charge in [0.1, 0.15) is 5.75 Å². The second kappa shape index (κ2) is 7.08. The van der Waals surface area contributed by atoms with E-state index in [0.717, 1.165) is 0 Å². The molecule has 6 nitrogen and oxygen atoms in total. The molecule has 0 heterocycles. The molecule has 0 spiro atoms. The van der Waals surface area contributed by atoms with Crippen LogP contribution >= 0.6 is 0 Å². The minimum Gasteiger partial charge on any atom is -0.484 e. The zero-order valence-corrected chi connectivity index (χ0v) is 12.8. The lowest BCUT2D eigenvalue weighted by Crippen LogP contribution is -2.41. The zero-order chi connectivity index (χ0) is 16.0. The maximum absolute atomic E-state index is 12.0. The number of nitrogens with two attached hydrogens (primary N) is 2. The first-order valence-corrected chi connectivity index (χ1v) is 6.72.